The standard InChI is InChI=1S/C11H17N3O2/c12-7-10-8-14(4-5-16-10)11(15)6-9-2-1-3-13-9/h9-10,13H,1-6,8H2. The van der Waals surface area contributed by atoms with Crippen LogP contribution in [0.4, 0.5) is 0 Å². The molecule has 0 aromatic carbocycles. The van der Waals surface area contributed by atoms with E-state index >= 15 is 0 Å². The molecule has 2 aliphatic rings. The summed E-state index contributed by atoms with van der Waals surface area (Å²) in [6.45, 7) is 2.52. The molecule has 2 atom stereocenters. The summed E-state index contributed by atoms with van der Waals surface area (Å²) in [5.74, 6) is 0.142. The molecular formula is C11H17N3O2. The van der Waals surface area contributed by atoms with Crippen molar-refractivity contribution in [3.8, 4) is 6.07 Å². The minimum absolute atomic E-state index is 0.142. The zero-order valence-electron chi connectivity index (χ0n) is 9.32. The van der Waals surface area contributed by atoms with Crippen LogP contribution in [-0.4, -0.2) is 49.2 Å². The fraction of sp³-hybridized carbons (Fsp3) is 0.818. The minimum atomic E-state index is -0.450. The summed E-state index contributed by atoms with van der Waals surface area (Å²) in [7, 11) is 0. The van der Waals surface area contributed by atoms with Gasteiger partial charge < -0.3 is 15.0 Å². The Hall–Kier alpha value is -1.12. The van der Waals surface area contributed by atoms with Crippen molar-refractivity contribution in [2.24, 2.45) is 0 Å². The summed E-state index contributed by atoms with van der Waals surface area (Å²) in [5, 5.41) is 12.1. The molecule has 0 spiro atoms. The predicted octanol–water partition coefficient (Wildman–Crippen LogP) is -0.121. The quantitative estimate of drug-likeness (QED) is 0.708. The third-order valence-electron chi connectivity index (χ3n) is 3.15. The first-order chi connectivity index (χ1) is 7.79. The second-order valence-electron chi connectivity index (χ2n) is 4.33. The van der Waals surface area contributed by atoms with Crippen molar-refractivity contribution >= 4 is 5.91 Å². The summed E-state index contributed by atoms with van der Waals surface area (Å²) in [5.41, 5.74) is 0. The fourth-order valence-electron chi connectivity index (χ4n) is 2.22. The normalized spacial score (nSPS) is 30.1. The van der Waals surface area contributed by atoms with Crippen molar-refractivity contribution in [3.05, 3.63) is 0 Å². The molecule has 2 rings (SSSR count). The van der Waals surface area contributed by atoms with Crippen LogP contribution in [0.15, 0.2) is 0 Å². The lowest BCUT2D eigenvalue weighted by Crippen LogP contribution is -2.46. The summed E-state index contributed by atoms with van der Waals surface area (Å²) in [4.78, 5) is 13.7. The lowest BCUT2D eigenvalue weighted by molar-refractivity contribution is -0.137. The molecule has 0 aromatic heterocycles. The fourth-order valence-corrected chi connectivity index (χ4v) is 2.22. The largest absolute Gasteiger partial charge is 0.360 e. The number of nitriles is 1. The third kappa shape index (κ3) is 2.71. The molecule has 0 saturated carbocycles. The second-order valence-corrected chi connectivity index (χ2v) is 4.33. The Morgan fingerprint density at radius 3 is 3.19 bits per heavy atom. The molecular weight excluding hydrogens is 206 g/mol. The first-order valence-corrected chi connectivity index (χ1v) is 5.82. The van der Waals surface area contributed by atoms with Gasteiger partial charge in [-0.2, -0.15) is 5.26 Å². The van der Waals surface area contributed by atoms with Gasteiger partial charge in [0.1, 0.15) is 0 Å². The summed E-state index contributed by atoms with van der Waals surface area (Å²) in [6, 6.07) is 2.38. The number of morpholine rings is 1. The molecule has 16 heavy (non-hydrogen) atoms. The number of amides is 1. The molecule has 2 unspecified atom stereocenters. The third-order valence-corrected chi connectivity index (χ3v) is 3.15. The molecule has 2 saturated heterocycles. The van der Waals surface area contributed by atoms with E-state index in [0.29, 0.717) is 32.2 Å². The number of carbonyl (C=O) groups excluding carboxylic acids is 1. The van der Waals surface area contributed by atoms with Gasteiger partial charge in [0.05, 0.1) is 19.2 Å². The van der Waals surface area contributed by atoms with Gasteiger partial charge in [0.15, 0.2) is 6.10 Å². The SMILES string of the molecule is N#CC1CN(C(=O)CC2CCCN2)CCO1. The Labute approximate surface area is 95.4 Å². The highest BCUT2D eigenvalue weighted by Gasteiger charge is 2.26. The lowest BCUT2D eigenvalue weighted by Gasteiger charge is -2.30. The van der Waals surface area contributed by atoms with Gasteiger partial charge in [-0.05, 0) is 19.4 Å². The molecule has 5 nitrogen and oxygen atoms in total. The monoisotopic (exact) mass is 223 g/mol. The van der Waals surface area contributed by atoms with Crippen molar-refractivity contribution < 1.29 is 9.53 Å². The van der Waals surface area contributed by atoms with E-state index in [-0.39, 0.29) is 5.91 Å². The predicted molar refractivity (Wildman–Crippen MR) is 57.6 cm³/mol. The van der Waals surface area contributed by atoms with Crippen LogP contribution in [0.5, 0.6) is 0 Å². The number of hydrogen-bond donors (Lipinski definition) is 1. The van der Waals surface area contributed by atoms with Crippen LogP contribution in [0.3, 0.4) is 0 Å². The van der Waals surface area contributed by atoms with Crippen LogP contribution in [0.25, 0.3) is 0 Å². The van der Waals surface area contributed by atoms with Crippen LogP contribution >= 0.6 is 0 Å². The zero-order chi connectivity index (χ0) is 11.4. The highest BCUT2D eigenvalue weighted by molar-refractivity contribution is 5.77. The number of ether oxygens (including phenoxy) is 1. The van der Waals surface area contributed by atoms with Gasteiger partial charge in [-0.15, -0.1) is 0 Å². The first kappa shape index (κ1) is 11.4. The molecule has 1 amide bonds. The molecule has 2 fully saturated rings. The van der Waals surface area contributed by atoms with Gasteiger partial charge in [-0.3, -0.25) is 4.79 Å². The summed E-state index contributed by atoms with van der Waals surface area (Å²) >= 11 is 0. The van der Waals surface area contributed by atoms with Gasteiger partial charge in [0.25, 0.3) is 0 Å². The maximum atomic E-state index is 11.9. The average molecular weight is 223 g/mol. The Morgan fingerprint density at radius 2 is 2.50 bits per heavy atom. The van der Waals surface area contributed by atoms with Gasteiger partial charge in [0.2, 0.25) is 5.91 Å². The van der Waals surface area contributed by atoms with E-state index < -0.39 is 6.10 Å². The Morgan fingerprint density at radius 1 is 1.62 bits per heavy atom. The molecule has 0 aliphatic carbocycles. The summed E-state index contributed by atoms with van der Waals surface area (Å²) < 4.78 is 5.21. The topological polar surface area (TPSA) is 65.4 Å². The maximum Gasteiger partial charge on any atom is 0.224 e. The van der Waals surface area contributed by atoms with E-state index in [2.05, 4.69) is 11.4 Å². The highest BCUT2D eigenvalue weighted by atomic mass is 16.5. The molecule has 88 valence electrons. The van der Waals surface area contributed by atoms with E-state index in [0.717, 1.165) is 19.4 Å². The average Bonchev–Trinajstić information content (AvgIpc) is 2.82. The molecule has 0 radical (unpaired) electrons. The van der Waals surface area contributed by atoms with Crippen molar-refractivity contribution in [2.75, 3.05) is 26.2 Å². The first-order valence-electron chi connectivity index (χ1n) is 5.82. The van der Waals surface area contributed by atoms with Crippen molar-refractivity contribution in [1.29, 1.82) is 5.26 Å². The minimum Gasteiger partial charge on any atom is -0.360 e. The van der Waals surface area contributed by atoms with E-state index in [1.165, 1.54) is 0 Å². The Balaban J connectivity index is 1.81. The van der Waals surface area contributed by atoms with Gasteiger partial charge in [-0.1, -0.05) is 0 Å². The number of nitrogens with one attached hydrogen (secondary N) is 1. The van der Waals surface area contributed by atoms with E-state index in [1.54, 1.807) is 4.90 Å². The molecule has 0 bridgehead atoms. The number of carbonyl (C=O) groups is 1. The van der Waals surface area contributed by atoms with Crippen molar-refractivity contribution in [3.63, 3.8) is 0 Å². The Kier molecular flexibility index (Phi) is 3.75. The molecule has 2 heterocycles. The Bertz CT molecular complexity index is 294. The van der Waals surface area contributed by atoms with Gasteiger partial charge >= 0.3 is 0 Å². The highest BCUT2D eigenvalue weighted by Crippen LogP contribution is 2.12. The number of rotatable bonds is 2. The molecule has 0 aromatic rings. The number of nitrogens with zero attached hydrogens (tertiary/aromatic N) is 2. The van der Waals surface area contributed by atoms with Gasteiger partial charge in [0, 0.05) is 19.0 Å². The van der Waals surface area contributed by atoms with E-state index in [4.69, 9.17) is 10.00 Å². The van der Waals surface area contributed by atoms with Crippen LogP contribution in [0.1, 0.15) is 19.3 Å². The number of hydrogen-bond acceptors (Lipinski definition) is 4. The summed E-state index contributed by atoms with van der Waals surface area (Å²) in [6.07, 6.45) is 2.34. The van der Waals surface area contributed by atoms with Crippen LogP contribution < -0.4 is 5.32 Å². The van der Waals surface area contributed by atoms with Crippen molar-refractivity contribution in [2.45, 2.75) is 31.4 Å². The van der Waals surface area contributed by atoms with Gasteiger partial charge in [-0.25, -0.2) is 0 Å². The van der Waals surface area contributed by atoms with Crippen LogP contribution in [0.2, 0.25) is 0 Å². The maximum absolute atomic E-state index is 11.9. The van der Waals surface area contributed by atoms with Crippen molar-refractivity contribution in [1.82, 2.24) is 10.2 Å². The van der Waals surface area contributed by atoms with E-state index in [9.17, 15) is 4.79 Å². The smallest absolute Gasteiger partial charge is 0.224 e. The molecule has 1 N–H and O–H groups in total. The van der Waals surface area contributed by atoms with Crippen LogP contribution in [0, 0.1) is 11.3 Å². The second kappa shape index (κ2) is 5.28. The van der Waals surface area contributed by atoms with Crippen LogP contribution in [-0.2, 0) is 9.53 Å². The lowest BCUT2D eigenvalue weighted by atomic mass is 10.1. The molecule has 5 heteroatoms. The molecule has 2 aliphatic heterocycles. The van der Waals surface area contributed by atoms with E-state index in [1.807, 2.05) is 0 Å². The zero-order valence-corrected chi connectivity index (χ0v) is 9.32.